The minimum Gasteiger partial charge on any atom is -0.457 e. The van der Waals surface area contributed by atoms with Crippen molar-refractivity contribution >= 4 is 61.6 Å². The van der Waals surface area contributed by atoms with Gasteiger partial charge in [-0.2, -0.15) is 0 Å². The van der Waals surface area contributed by atoms with E-state index in [0.29, 0.717) is 18.2 Å². The topological polar surface area (TPSA) is 36.8 Å². The summed E-state index contributed by atoms with van der Waals surface area (Å²) < 4.78 is 23.8. The Balaban J connectivity index is 1.08. The van der Waals surface area contributed by atoms with Crippen LogP contribution in [0, 0.1) is 5.82 Å². The Morgan fingerprint density at radius 3 is 1.87 bits per heavy atom. The Kier molecular flexibility index (Phi) is 10.8. The summed E-state index contributed by atoms with van der Waals surface area (Å²) in [6, 6.07) is 68.7. The lowest BCUT2D eigenvalue weighted by Gasteiger charge is -2.32. The normalized spacial score (nSPS) is 12.7. The molecule has 1 aliphatic heterocycles. The monoisotopic (exact) mass is 903 g/mol. The molecule has 0 amide bonds. The molecular formula is C62H54FN5O. The van der Waals surface area contributed by atoms with Crippen molar-refractivity contribution in [3.63, 3.8) is 0 Å². The molecule has 0 spiro atoms. The van der Waals surface area contributed by atoms with Gasteiger partial charge in [-0.05, 0) is 112 Å². The van der Waals surface area contributed by atoms with Crippen molar-refractivity contribution in [1.82, 2.24) is 9.55 Å². The number of rotatable bonds is 9. The number of hydrogen-bond donors (Lipinski definition) is 0. The lowest BCUT2D eigenvalue weighted by molar-refractivity contribution is 0.483. The highest BCUT2D eigenvalue weighted by Crippen LogP contribution is 2.51. The molecular weight excluding hydrogens is 850 g/mol. The maximum atomic E-state index is 14.4. The molecule has 0 unspecified atom stereocenters. The van der Waals surface area contributed by atoms with Crippen LogP contribution >= 0.6 is 0 Å². The van der Waals surface area contributed by atoms with E-state index in [9.17, 15) is 4.39 Å². The average molecular weight is 904 g/mol. The van der Waals surface area contributed by atoms with Crippen molar-refractivity contribution < 1.29 is 9.13 Å². The Morgan fingerprint density at radius 2 is 1.17 bits per heavy atom. The second-order valence-corrected chi connectivity index (χ2v) is 19.9. The number of aromatic nitrogens is 2. The van der Waals surface area contributed by atoms with Crippen LogP contribution in [0.25, 0.3) is 38.8 Å². The lowest BCUT2D eigenvalue weighted by atomic mass is 9.83. The molecule has 0 saturated heterocycles. The van der Waals surface area contributed by atoms with Gasteiger partial charge in [0.1, 0.15) is 29.8 Å². The zero-order valence-corrected chi connectivity index (χ0v) is 39.9. The number of pyridine rings is 1. The summed E-state index contributed by atoms with van der Waals surface area (Å²) >= 11 is 0. The first-order valence-electron chi connectivity index (χ1n) is 23.7. The molecule has 3 heterocycles. The number of benzene rings is 8. The van der Waals surface area contributed by atoms with Gasteiger partial charge in [0.15, 0.2) is 0 Å². The van der Waals surface area contributed by atoms with Crippen LogP contribution in [0.1, 0.15) is 52.7 Å². The van der Waals surface area contributed by atoms with Gasteiger partial charge in [0.25, 0.3) is 0 Å². The molecule has 0 aliphatic carbocycles. The van der Waals surface area contributed by atoms with Crippen LogP contribution in [0.3, 0.4) is 0 Å². The first-order valence-corrected chi connectivity index (χ1v) is 23.7. The minimum atomic E-state index is -0.256. The predicted octanol–water partition coefficient (Wildman–Crippen LogP) is 17.1. The first kappa shape index (κ1) is 43.4. The zero-order valence-electron chi connectivity index (χ0n) is 39.9. The lowest BCUT2D eigenvalue weighted by Crippen LogP contribution is -2.27. The van der Waals surface area contributed by atoms with Crippen LogP contribution in [0.4, 0.5) is 44.2 Å². The van der Waals surface area contributed by atoms with Crippen molar-refractivity contribution in [3.05, 3.63) is 223 Å². The van der Waals surface area contributed by atoms with Crippen molar-refractivity contribution in [2.24, 2.45) is 0 Å². The van der Waals surface area contributed by atoms with E-state index >= 15 is 0 Å². The molecule has 69 heavy (non-hydrogen) atoms. The minimum absolute atomic E-state index is 0.0470. The van der Waals surface area contributed by atoms with Gasteiger partial charge in [0, 0.05) is 57.8 Å². The summed E-state index contributed by atoms with van der Waals surface area (Å²) in [5.41, 5.74) is 13.5. The van der Waals surface area contributed by atoms with Crippen LogP contribution in [0.15, 0.2) is 206 Å². The molecule has 7 heteroatoms. The number of anilines is 7. The molecule has 11 rings (SSSR count). The molecule has 340 valence electrons. The van der Waals surface area contributed by atoms with E-state index in [1.807, 2.05) is 30.5 Å². The maximum absolute atomic E-state index is 14.4. The fraction of sp³-hybridized carbons (Fsp3) is 0.145. The second-order valence-electron chi connectivity index (χ2n) is 19.9. The number of para-hydroxylation sites is 6. The highest BCUT2D eigenvalue weighted by atomic mass is 19.1. The van der Waals surface area contributed by atoms with Gasteiger partial charge < -0.3 is 19.4 Å². The third-order valence-electron chi connectivity index (χ3n) is 13.2. The summed E-state index contributed by atoms with van der Waals surface area (Å²) in [7, 11) is 0. The van der Waals surface area contributed by atoms with Gasteiger partial charge >= 0.3 is 0 Å². The molecule has 0 bridgehead atoms. The molecule has 8 aromatic carbocycles. The molecule has 0 radical (unpaired) electrons. The quantitative estimate of drug-likeness (QED) is 0.144. The fourth-order valence-corrected chi connectivity index (χ4v) is 9.85. The number of hydrogen-bond acceptors (Lipinski definition) is 5. The van der Waals surface area contributed by atoms with E-state index in [-0.39, 0.29) is 16.6 Å². The van der Waals surface area contributed by atoms with Gasteiger partial charge in [0.2, 0.25) is 0 Å². The third-order valence-corrected chi connectivity index (χ3v) is 13.2. The molecule has 0 N–H and O–H groups in total. The largest absolute Gasteiger partial charge is 0.457 e. The van der Waals surface area contributed by atoms with Gasteiger partial charge in [0.05, 0.1) is 33.8 Å². The standard InChI is InChI=1S/C62H54FN5O/c1-61(2,3)43-34-35-64-59(36-43)68-55-25-14-13-22-52(55)53-33-32-49(40-58(53)68)69-50-38-47(37-48(39-50)67(45-18-9-7-10-19-45)46-20-11-8-12-21-46)65-41-66(57-27-16-15-26-56(57)65)60-51(42-28-30-44(63)31-29-42)23-17-24-54(60)62(4,5)6/h7-40H,41H2,1-6H3. The Labute approximate surface area is 404 Å². The molecule has 0 saturated carbocycles. The van der Waals surface area contributed by atoms with Gasteiger partial charge in [-0.15, -0.1) is 0 Å². The summed E-state index contributed by atoms with van der Waals surface area (Å²) in [5.74, 6) is 2.00. The van der Waals surface area contributed by atoms with Gasteiger partial charge in [-0.3, -0.25) is 4.57 Å². The zero-order chi connectivity index (χ0) is 47.4. The SMILES string of the molecule is CC(C)(C)c1ccnc(-n2c3ccccc3c3ccc(Oc4cc(N5CN(c6c(-c7ccc(F)cc7)cccc6C(C)(C)C)c6ccccc65)cc(N(c5ccccc5)c5ccccc5)c4)cc32)c1. The summed E-state index contributed by atoms with van der Waals surface area (Å²) in [4.78, 5) is 12.0. The van der Waals surface area contributed by atoms with E-state index in [0.717, 1.165) is 78.6 Å². The summed E-state index contributed by atoms with van der Waals surface area (Å²) in [6.07, 6.45) is 1.91. The molecule has 10 aromatic rings. The van der Waals surface area contributed by atoms with Crippen molar-refractivity contribution in [1.29, 1.82) is 0 Å². The molecule has 0 fully saturated rings. The number of halogens is 1. The van der Waals surface area contributed by atoms with Crippen LogP contribution in [0.2, 0.25) is 0 Å². The van der Waals surface area contributed by atoms with Gasteiger partial charge in [-0.1, -0.05) is 139 Å². The molecule has 0 atom stereocenters. The first-order chi connectivity index (χ1) is 33.4. The average Bonchev–Trinajstić information content (AvgIpc) is 3.90. The van der Waals surface area contributed by atoms with E-state index < -0.39 is 0 Å². The van der Waals surface area contributed by atoms with Crippen LogP contribution in [-0.2, 0) is 10.8 Å². The predicted molar refractivity (Wildman–Crippen MR) is 285 cm³/mol. The van der Waals surface area contributed by atoms with Crippen molar-refractivity contribution in [3.8, 4) is 28.4 Å². The Hall–Kier alpha value is -8.16. The van der Waals surface area contributed by atoms with E-state index in [2.05, 4.69) is 225 Å². The van der Waals surface area contributed by atoms with Crippen molar-refractivity contribution in [2.75, 3.05) is 21.4 Å². The van der Waals surface area contributed by atoms with Gasteiger partial charge in [-0.25, -0.2) is 9.37 Å². The molecule has 1 aliphatic rings. The second kappa shape index (κ2) is 17.2. The van der Waals surface area contributed by atoms with Crippen LogP contribution < -0.4 is 19.4 Å². The van der Waals surface area contributed by atoms with Crippen molar-refractivity contribution in [2.45, 2.75) is 52.4 Å². The highest BCUT2D eigenvalue weighted by molar-refractivity contribution is 6.09. The molecule has 6 nitrogen and oxygen atoms in total. The maximum Gasteiger partial charge on any atom is 0.137 e. The Bertz CT molecular complexity index is 3460. The number of nitrogens with zero attached hydrogens (tertiary/aromatic N) is 5. The van der Waals surface area contributed by atoms with E-state index in [1.54, 1.807) is 12.1 Å². The van der Waals surface area contributed by atoms with E-state index in [4.69, 9.17) is 9.72 Å². The summed E-state index contributed by atoms with van der Waals surface area (Å²) in [5, 5.41) is 2.28. The fourth-order valence-electron chi connectivity index (χ4n) is 9.85. The smallest absolute Gasteiger partial charge is 0.137 e. The third kappa shape index (κ3) is 8.14. The summed E-state index contributed by atoms with van der Waals surface area (Å²) in [6.45, 7) is 14.0. The number of fused-ring (bicyclic) bond motifs is 4. The van der Waals surface area contributed by atoms with Crippen LogP contribution in [0.5, 0.6) is 11.5 Å². The molecule has 2 aromatic heterocycles. The highest BCUT2D eigenvalue weighted by Gasteiger charge is 2.34. The Morgan fingerprint density at radius 1 is 0.522 bits per heavy atom. The van der Waals surface area contributed by atoms with E-state index in [1.165, 1.54) is 11.1 Å². The number of ether oxygens (including phenoxy) is 1. The van der Waals surface area contributed by atoms with Crippen LogP contribution in [-0.4, -0.2) is 16.2 Å².